The van der Waals surface area contributed by atoms with Crippen molar-refractivity contribution < 1.29 is 8.42 Å². The van der Waals surface area contributed by atoms with Crippen LogP contribution in [0.1, 0.15) is 12.5 Å². The molecule has 0 aliphatic heterocycles. The van der Waals surface area contributed by atoms with Crippen molar-refractivity contribution in [1.29, 1.82) is 0 Å². The van der Waals surface area contributed by atoms with Gasteiger partial charge in [0, 0.05) is 24.6 Å². The first-order chi connectivity index (χ1) is 9.53. The summed E-state index contributed by atoms with van der Waals surface area (Å²) in [6, 6.07) is 9.37. The third kappa shape index (κ3) is 3.34. The Bertz CT molecular complexity index is 699. The Morgan fingerprint density at radius 2 is 2.05 bits per heavy atom. The molecule has 0 bridgehead atoms. The number of nitrogens with zero attached hydrogens (tertiary/aromatic N) is 1. The average Bonchev–Trinajstić information content (AvgIpc) is 2.39. The van der Waals surface area contributed by atoms with Crippen molar-refractivity contribution in [3.8, 4) is 0 Å². The lowest BCUT2D eigenvalue weighted by Crippen LogP contribution is -2.24. The quantitative estimate of drug-likeness (QED) is 0.887. The van der Waals surface area contributed by atoms with Crippen molar-refractivity contribution in [3.63, 3.8) is 0 Å². The van der Waals surface area contributed by atoms with E-state index in [9.17, 15) is 8.42 Å². The van der Waals surface area contributed by atoms with E-state index in [-0.39, 0.29) is 4.90 Å². The van der Waals surface area contributed by atoms with Crippen molar-refractivity contribution in [2.75, 3.05) is 11.9 Å². The molecule has 2 rings (SSSR count). The summed E-state index contributed by atoms with van der Waals surface area (Å²) in [6.45, 7) is 4.05. The third-order valence-electron chi connectivity index (χ3n) is 2.71. The second-order valence-corrected chi connectivity index (χ2v) is 6.10. The van der Waals surface area contributed by atoms with Crippen LogP contribution < -0.4 is 10.0 Å². The fourth-order valence-corrected chi connectivity index (χ4v) is 2.99. The highest BCUT2D eigenvalue weighted by molar-refractivity contribution is 7.89. The smallest absolute Gasteiger partial charge is 0.244 e. The van der Waals surface area contributed by atoms with Gasteiger partial charge >= 0.3 is 0 Å². The topological polar surface area (TPSA) is 71.1 Å². The molecule has 0 atom stereocenters. The maximum atomic E-state index is 12.1. The number of rotatable bonds is 5. The molecule has 5 nitrogen and oxygen atoms in total. The van der Waals surface area contributed by atoms with E-state index < -0.39 is 10.0 Å². The molecule has 2 aromatic rings. The predicted octanol–water partition coefficient (Wildman–Crippen LogP) is 2.43. The Kier molecular flexibility index (Phi) is 4.36. The number of anilines is 2. The fraction of sp³-hybridized carbons (Fsp3) is 0.214. The molecule has 0 spiro atoms. The zero-order chi connectivity index (χ0) is 14.6. The van der Waals surface area contributed by atoms with Crippen LogP contribution in [-0.2, 0) is 10.0 Å². The second kappa shape index (κ2) is 6.02. The summed E-state index contributed by atoms with van der Waals surface area (Å²) in [5.41, 5.74) is 2.44. The maximum absolute atomic E-state index is 12.1. The van der Waals surface area contributed by atoms with Gasteiger partial charge in [0.1, 0.15) is 4.90 Å². The lowest BCUT2D eigenvalue weighted by atomic mass is 10.2. The van der Waals surface area contributed by atoms with Gasteiger partial charge in [0.2, 0.25) is 10.0 Å². The van der Waals surface area contributed by atoms with Gasteiger partial charge in [0.15, 0.2) is 0 Å². The normalized spacial score (nSPS) is 11.3. The number of nitrogens with one attached hydrogen (secondary N) is 2. The Morgan fingerprint density at radius 3 is 2.75 bits per heavy atom. The number of sulfonamides is 1. The first kappa shape index (κ1) is 14.5. The van der Waals surface area contributed by atoms with Crippen LogP contribution in [0.15, 0.2) is 47.6 Å². The van der Waals surface area contributed by atoms with Gasteiger partial charge in [-0.3, -0.25) is 4.98 Å². The molecule has 0 aliphatic carbocycles. The Balaban J connectivity index is 2.38. The van der Waals surface area contributed by atoms with Gasteiger partial charge in [0.05, 0.1) is 5.69 Å². The van der Waals surface area contributed by atoms with E-state index in [1.54, 1.807) is 19.2 Å². The van der Waals surface area contributed by atoms with Gasteiger partial charge in [-0.05, 0) is 30.7 Å². The molecular formula is C14H17N3O2S. The van der Waals surface area contributed by atoms with Crippen LogP contribution in [0.25, 0.3) is 0 Å². The first-order valence-electron chi connectivity index (χ1n) is 6.30. The molecule has 1 aromatic heterocycles. The summed E-state index contributed by atoms with van der Waals surface area (Å²) in [7, 11) is -3.55. The molecule has 6 heteroatoms. The van der Waals surface area contributed by atoms with E-state index in [0.717, 1.165) is 11.3 Å². The SMILES string of the molecule is CCNS(=O)(=O)c1cnccc1Nc1cccc(C)c1. The van der Waals surface area contributed by atoms with Crippen LogP contribution in [0.5, 0.6) is 0 Å². The van der Waals surface area contributed by atoms with Crippen LogP contribution in [0.3, 0.4) is 0 Å². The van der Waals surface area contributed by atoms with Crippen molar-refractivity contribution >= 4 is 21.4 Å². The van der Waals surface area contributed by atoms with Gasteiger partial charge in [-0.1, -0.05) is 19.1 Å². The number of hydrogen-bond acceptors (Lipinski definition) is 4. The molecule has 0 radical (unpaired) electrons. The third-order valence-corrected chi connectivity index (χ3v) is 4.28. The highest BCUT2D eigenvalue weighted by atomic mass is 32.2. The largest absolute Gasteiger partial charge is 0.354 e. The minimum atomic E-state index is -3.55. The van der Waals surface area contributed by atoms with Crippen molar-refractivity contribution in [3.05, 3.63) is 48.3 Å². The lowest BCUT2D eigenvalue weighted by Gasteiger charge is -2.12. The second-order valence-electron chi connectivity index (χ2n) is 4.37. The van der Waals surface area contributed by atoms with Crippen molar-refractivity contribution in [1.82, 2.24) is 9.71 Å². The predicted molar refractivity (Wildman–Crippen MR) is 79.6 cm³/mol. The molecule has 1 aromatic carbocycles. The van der Waals surface area contributed by atoms with Gasteiger partial charge in [-0.25, -0.2) is 13.1 Å². The van der Waals surface area contributed by atoms with Crippen molar-refractivity contribution in [2.24, 2.45) is 0 Å². The van der Waals surface area contributed by atoms with Crippen LogP contribution in [0, 0.1) is 6.92 Å². The summed E-state index contributed by atoms with van der Waals surface area (Å²) >= 11 is 0. The molecule has 106 valence electrons. The molecular weight excluding hydrogens is 274 g/mol. The fourth-order valence-electron chi connectivity index (χ4n) is 1.84. The minimum Gasteiger partial charge on any atom is -0.354 e. The molecule has 0 saturated carbocycles. The van der Waals surface area contributed by atoms with E-state index >= 15 is 0 Å². The number of pyridine rings is 1. The summed E-state index contributed by atoms with van der Waals surface area (Å²) in [4.78, 5) is 4.04. The highest BCUT2D eigenvalue weighted by Gasteiger charge is 2.17. The molecule has 0 fully saturated rings. The summed E-state index contributed by atoms with van der Waals surface area (Å²) < 4.78 is 26.7. The van der Waals surface area contributed by atoms with Gasteiger partial charge in [-0.15, -0.1) is 0 Å². The molecule has 0 amide bonds. The van der Waals surface area contributed by atoms with Gasteiger partial charge < -0.3 is 5.32 Å². The van der Waals surface area contributed by atoms with E-state index in [4.69, 9.17) is 0 Å². The van der Waals surface area contributed by atoms with E-state index in [2.05, 4.69) is 15.0 Å². The zero-order valence-electron chi connectivity index (χ0n) is 11.4. The lowest BCUT2D eigenvalue weighted by molar-refractivity contribution is 0.584. The Morgan fingerprint density at radius 1 is 1.25 bits per heavy atom. The number of hydrogen-bond donors (Lipinski definition) is 2. The molecule has 2 N–H and O–H groups in total. The first-order valence-corrected chi connectivity index (χ1v) is 7.78. The summed E-state index contributed by atoms with van der Waals surface area (Å²) in [5, 5.41) is 3.12. The summed E-state index contributed by atoms with van der Waals surface area (Å²) in [6.07, 6.45) is 2.90. The summed E-state index contributed by atoms with van der Waals surface area (Å²) in [5.74, 6) is 0. The van der Waals surface area contributed by atoms with Crippen LogP contribution in [-0.4, -0.2) is 19.9 Å². The molecule has 0 aliphatic rings. The van der Waals surface area contributed by atoms with E-state index in [1.165, 1.54) is 6.20 Å². The average molecular weight is 291 g/mol. The molecule has 0 unspecified atom stereocenters. The monoisotopic (exact) mass is 291 g/mol. The zero-order valence-corrected chi connectivity index (χ0v) is 12.2. The van der Waals surface area contributed by atoms with Crippen LogP contribution in [0.2, 0.25) is 0 Å². The molecule has 1 heterocycles. The maximum Gasteiger partial charge on any atom is 0.244 e. The minimum absolute atomic E-state index is 0.142. The number of benzene rings is 1. The molecule has 0 saturated heterocycles. The standard InChI is InChI=1S/C14H17N3O2S/c1-3-16-20(18,19)14-10-15-8-7-13(14)17-12-6-4-5-11(2)9-12/h4-10,16H,3H2,1-2H3,(H,15,17). The number of aryl methyl sites for hydroxylation is 1. The van der Waals surface area contributed by atoms with E-state index in [0.29, 0.717) is 12.2 Å². The highest BCUT2D eigenvalue weighted by Crippen LogP contribution is 2.24. The van der Waals surface area contributed by atoms with E-state index in [1.807, 2.05) is 31.2 Å². The van der Waals surface area contributed by atoms with Crippen LogP contribution >= 0.6 is 0 Å². The number of aromatic nitrogens is 1. The Hall–Kier alpha value is -1.92. The molecule has 20 heavy (non-hydrogen) atoms. The van der Waals surface area contributed by atoms with Gasteiger partial charge in [-0.2, -0.15) is 0 Å². The Labute approximate surface area is 119 Å². The van der Waals surface area contributed by atoms with Crippen molar-refractivity contribution in [2.45, 2.75) is 18.7 Å². The van der Waals surface area contributed by atoms with Crippen LogP contribution in [0.4, 0.5) is 11.4 Å². The van der Waals surface area contributed by atoms with Gasteiger partial charge in [0.25, 0.3) is 0 Å².